The lowest BCUT2D eigenvalue weighted by atomic mass is 10.1. The largest absolute Gasteiger partial charge is 0.508 e. The van der Waals surface area contributed by atoms with E-state index in [1.165, 1.54) is 29.5 Å². The third-order valence-corrected chi connectivity index (χ3v) is 4.00. The van der Waals surface area contributed by atoms with Gasteiger partial charge in [0, 0.05) is 12.6 Å². The van der Waals surface area contributed by atoms with E-state index in [1.807, 2.05) is 12.1 Å². The Balaban J connectivity index is 1.75. The molecule has 1 atom stereocenters. The van der Waals surface area contributed by atoms with Gasteiger partial charge in [0.05, 0.1) is 0 Å². The molecule has 0 aromatic heterocycles. The molecule has 0 radical (unpaired) electrons. The Hall–Kier alpha value is -1.80. The van der Waals surface area contributed by atoms with Crippen LogP contribution in [0.15, 0.2) is 48.5 Å². The maximum absolute atomic E-state index is 9.32. The average Bonchev–Trinajstić information content (AvgIpc) is 2.85. The summed E-state index contributed by atoms with van der Waals surface area (Å²) < 4.78 is 0. The molecule has 2 aromatic rings. The topological polar surface area (TPSA) is 23.5 Å². The van der Waals surface area contributed by atoms with Gasteiger partial charge in [-0.1, -0.05) is 36.4 Å². The maximum atomic E-state index is 9.32. The highest BCUT2D eigenvalue weighted by Crippen LogP contribution is 2.35. The van der Waals surface area contributed by atoms with Crippen molar-refractivity contribution in [3.63, 3.8) is 0 Å². The summed E-state index contributed by atoms with van der Waals surface area (Å²) in [6, 6.07) is 16.8. The van der Waals surface area contributed by atoms with Crippen molar-refractivity contribution in [2.24, 2.45) is 0 Å². The summed E-state index contributed by atoms with van der Waals surface area (Å²) >= 11 is 0. The second kappa shape index (κ2) is 5.06. The molecule has 98 valence electrons. The van der Waals surface area contributed by atoms with Crippen LogP contribution in [0.25, 0.3) is 0 Å². The third kappa shape index (κ3) is 2.49. The minimum absolute atomic E-state index is 0.331. The third-order valence-electron chi connectivity index (χ3n) is 4.00. The maximum Gasteiger partial charge on any atom is 0.115 e. The summed E-state index contributed by atoms with van der Waals surface area (Å²) in [5, 5.41) is 9.32. The Bertz CT molecular complexity index is 562. The molecule has 1 unspecified atom stereocenters. The Labute approximate surface area is 114 Å². The summed E-state index contributed by atoms with van der Waals surface area (Å²) in [4.78, 5) is 2.40. The lowest BCUT2D eigenvalue weighted by Gasteiger charge is -2.25. The molecule has 19 heavy (non-hydrogen) atoms. The van der Waals surface area contributed by atoms with Gasteiger partial charge in [-0.2, -0.15) is 0 Å². The predicted molar refractivity (Wildman–Crippen MR) is 77.1 cm³/mol. The molecule has 2 aromatic carbocycles. The molecule has 0 saturated carbocycles. The van der Waals surface area contributed by atoms with Crippen molar-refractivity contribution in [2.75, 3.05) is 7.05 Å². The number of aryl methyl sites for hydroxylation is 1. The van der Waals surface area contributed by atoms with E-state index < -0.39 is 0 Å². The first-order valence-corrected chi connectivity index (χ1v) is 6.80. The van der Waals surface area contributed by atoms with Crippen LogP contribution in [0.3, 0.4) is 0 Å². The van der Waals surface area contributed by atoms with Crippen LogP contribution < -0.4 is 0 Å². The molecule has 0 spiro atoms. The normalized spacial score (nSPS) is 17.7. The minimum Gasteiger partial charge on any atom is -0.508 e. The summed E-state index contributed by atoms with van der Waals surface area (Å²) in [6.07, 6.45) is 2.38. The van der Waals surface area contributed by atoms with Crippen LogP contribution in [0, 0.1) is 0 Å². The fraction of sp³-hybridized carbons (Fsp3) is 0.294. The van der Waals surface area contributed by atoms with Gasteiger partial charge in [0.1, 0.15) is 5.75 Å². The molecule has 0 amide bonds. The molecule has 1 N–H and O–H groups in total. The smallest absolute Gasteiger partial charge is 0.115 e. The molecular weight excluding hydrogens is 234 g/mol. The van der Waals surface area contributed by atoms with Crippen LogP contribution in [0.2, 0.25) is 0 Å². The van der Waals surface area contributed by atoms with Crippen molar-refractivity contribution >= 4 is 0 Å². The number of hydrogen-bond acceptors (Lipinski definition) is 2. The van der Waals surface area contributed by atoms with E-state index in [2.05, 4.69) is 36.2 Å². The Kier molecular flexibility index (Phi) is 3.26. The van der Waals surface area contributed by atoms with E-state index in [0.717, 1.165) is 6.54 Å². The van der Waals surface area contributed by atoms with Gasteiger partial charge in [0.25, 0.3) is 0 Å². The van der Waals surface area contributed by atoms with E-state index in [1.54, 1.807) is 12.1 Å². The first kappa shape index (κ1) is 12.2. The summed E-state index contributed by atoms with van der Waals surface area (Å²) in [5.74, 6) is 0.331. The number of nitrogens with zero attached hydrogens (tertiary/aromatic N) is 1. The van der Waals surface area contributed by atoms with Gasteiger partial charge in [-0.3, -0.25) is 4.90 Å². The number of aromatic hydroxyl groups is 1. The van der Waals surface area contributed by atoms with E-state index in [9.17, 15) is 5.11 Å². The van der Waals surface area contributed by atoms with E-state index in [4.69, 9.17) is 0 Å². The van der Waals surface area contributed by atoms with Gasteiger partial charge in [0.15, 0.2) is 0 Å². The van der Waals surface area contributed by atoms with E-state index >= 15 is 0 Å². The zero-order valence-electron chi connectivity index (χ0n) is 11.2. The highest BCUT2D eigenvalue weighted by Gasteiger charge is 2.25. The number of phenolic OH excluding ortho intramolecular Hbond substituents is 1. The number of benzene rings is 2. The van der Waals surface area contributed by atoms with Gasteiger partial charge >= 0.3 is 0 Å². The summed E-state index contributed by atoms with van der Waals surface area (Å²) in [6.45, 7) is 0.916. The lowest BCUT2D eigenvalue weighted by molar-refractivity contribution is 0.236. The second-order valence-electron chi connectivity index (χ2n) is 5.33. The molecular formula is C17H19NO. The van der Waals surface area contributed by atoms with Crippen molar-refractivity contribution in [1.29, 1.82) is 0 Å². The predicted octanol–water partition coefficient (Wildman–Crippen LogP) is 3.51. The summed E-state index contributed by atoms with van der Waals surface area (Å²) in [7, 11) is 2.18. The molecule has 0 saturated heterocycles. The van der Waals surface area contributed by atoms with Gasteiger partial charge < -0.3 is 5.11 Å². The molecule has 2 nitrogen and oxygen atoms in total. The number of phenols is 1. The van der Waals surface area contributed by atoms with Crippen LogP contribution >= 0.6 is 0 Å². The van der Waals surface area contributed by atoms with Crippen LogP contribution in [-0.4, -0.2) is 17.1 Å². The number of rotatable bonds is 3. The van der Waals surface area contributed by atoms with Gasteiger partial charge in [-0.15, -0.1) is 0 Å². The number of fused-ring (bicyclic) bond motifs is 1. The molecule has 0 fully saturated rings. The molecule has 0 bridgehead atoms. The quantitative estimate of drug-likeness (QED) is 0.904. The van der Waals surface area contributed by atoms with Crippen LogP contribution in [0.4, 0.5) is 0 Å². The lowest BCUT2D eigenvalue weighted by Crippen LogP contribution is -2.22. The zero-order valence-corrected chi connectivity index (χ0v) is 11.2. The molecule has 0 aliphatic heterocycles. The van der Waals surface area contributed by atoms with Gasteiger partial charge in [-0.25, -0.2) is 0 Å². The van der Waals surface area contributed by atoms with Crippen molar-refractivity contribution < 1.29 is 5.11 Å². The van der Waals surface area contributed by atoms with Crippen LogP contribution in [0.5, 0.6) is 5.75 Å². The minimum atomic E-state index is 0.331. The van der Waals surface area contributed by atoms with Crippen LogP contribution in [-0.2, 0) is 13.0 Å². The molecule has 2 heteroatoms. The fourth-order valence-electron chi connectivity index (χ4n) is 2.99. The Morgan fingerprint density at radius 2 is 1.84 bits per heavy atom. The zero-order chi connectivity index (χ0) is 13.2. The SMILES string of the molecule is CN(Cc1ccc(O)cc1)C1CCc2ccccc21. The summed E-state index contributed by atoms with van der Waals surface area (Å²) in [5.41, 5.74) is 4.21. The fourth-order valence-corrected chi connectivity index (χ4v) is 2.99. The molecule has 1 aliphatic rings. The Morgan fingerprint density at radius 3 is 2.63 bits per heavy atom. The number of hydrogen-bond donors (Lipinski definition) is 1. The van der Waals surface area contributed by atoms with Gasteiger partial charge in [-0.05, 0) is 48.7 Å². The van der Waals surface area contributed by atoms with Crippen molar-refractivity contribution in [3.05, 3.63) is 65.2 Å². The van der Waals surface area contributed by atoms with E-state index in [0.29, 0.717) is 11.8 Å². The molecule has 1 aliphatic carbocycles. The van der Waals surface area contributed by atoms with E-state index in [-0.39, 0.29) is 0 Å². The van der Waals surface area contributed by atoms with Crippen molar-refractivity contribution in [1.82, 2.24) is 4.90 Å². The van der Waals surface area contributed by atoms with Crippen molar-refractivity contribution in [3.8, 4) is 5.75 Å². The molecule has 3 rings (SSSR count). The standard InChI is InChI=1S/C17H19NO/c1-18(12-13-6-9-15(19)10-7-13)17-11-8-14-4-2-3-5-16(14)17/h2-7,9-10,17,19H,8,11-12H2,1H3. The Morgan fingerprint density at radius 1 is 1.11 bits per heavy atom. The monoisotopic (exact) mass is 253 g/mol. The van der Waals surface area contributed by atoms with Crippen molar-refractivity contribution in [2.45, 2.75) is 25.4 Å². The first-order chi connectivity index (χ1) is 9.24. The second-order valence-corrected chi connectivity index (χ2v) is 5.33. The van der Waals surface area contributed by atoms with Gasteiger partial charge in [0.2, 0.25) is 0 Å². The highest BCUT2D eigenvalue weighted by molar-refractivity contribution is 5.34. The highest BCUT2D eigenvalue weighted by atomic mass is 16.3. The first-order valence-electron chi connectivity index (χ1n) is 6.80. The van der Waals surface area contributed by atoms with Crippen LogP contribution in [0.1, 0.15) is 29.2 Å². The average molecular weight is 253 g/mol. The molecule has 0 heterocycles.